The van der Waals surface area contributed by atoms with Crippen molar-refractivity contribution < 1.29 is 4.79 Å². The summed E-state index contributed by atoms with van der Waals surface area (Å²) in [6.07, 6.45) is 4.16. The molecule has 7 nitrogen and oxygen atoms in total. The number of anilines is 1. The molecule has 0 aliphatic heterocycles. The summed E-state index contributed by atoms with van der Waals surface area (Å²) in [6, 6.07) is 9.58. The lowest BCUT2D eigenvalue weighted by Crippen LogP contribution is -2.30. The first-order valence-electron chi connectivity index (χ1n) is 9.65. The Morgan fingerprint density at radius 2 is 1.93 bits per heavy atom. The van der Waals surface area contributed by atoms with E-state index in [-0.39, 0.29) is 18.0 Å². The molecule has 0 fully saturated rings. The smallest absolute Gasteiger partial charge is 0.273 e. The molecule has 0 saturated carbocycles. The SMILES string of the molecule is CCc1cccc(C)c1NC(=O)Cn1c(C)nc2c(-c3ccncc3)nsc2c1=O. The van der Waals surface area contributed by atoms with Crippen LogP contribution in [-0.2, 0) is 17.8 Å². The predicted octanol–water partition coefficient (Wildman–Crippen LogP) is 3.73. The molecule has 0 saturated heterocycles. The van der Waals surface area contributed by atoms with E-state index in [0.717, 1.165) is 40.3 Å². The van der Waals surface area contributed by atoms with Crippen molar-refractivity contribution in [3.05, 3.63) is 70.0 Å². The Labute approximate surface area is 177 Å². The molecule has 1 aromatic carbocycles. The number of rotatable bonds is 5. The molecule has 30 heavy (non-hydrogen) atoms. The van der Waals surface area contributed by atoms with Crippen molar-refractivity contribution in [2.75, 3.05) is 5.32 Å². The Morgan fingerprint density at radius 1 is 1.17 bits per heavy atom. The van der Waals surface area contributed by atoms with Crippen molar-refractivity contribution in [1.82, 2.24) is 18.9 Å². The summed E-state index contributed by atoms with van der Waals surface area (Å²) in [5.41, 5.74) is 4.66. The first-order valence-corrected chi connectivity index (χ1v) is 10.4. The molecule has 4 aromatic rings. The van der Waals surface area contributed by atoms with Crippen molar-refractivity contribution in [2.45, 2.75) is 33.7 Å². The van der Waals surface area contributed by atoms with E-state index in [9.17, 15) is 9.59 Å². The molecule has 3 aromatic heterocycles. The number of nitrogens with one attached hydrogen (secondary N) is 1. The second-order valence-corrected chi connectivity index (χ2v) is 7.78. The number of carbonyl (C=O) groups is 1. The summed E-state index contributed by atoms with van der Waals surface area (Å²) in [6.45, 7) is 5.62. The van der Waals surface area contributed by atoms with Crippen LogP contribution >= 0.6 is 11.5 Å². The van der Waals surface area contributed by atoms with Gasteiger partial charge in [-0.1, -0.05) is 25.1 Å². The van der Waals surface area contributed by atoms with Gasteiger partial charge in [-0.25, -0.2) is 4.98 Å². The lowest BCUT2D eigenvalue weighted by atomic mass is 10.1. The van der Waals surface area contributed by atoms with Crippen molar-refractivity contribution in [3.8, 4) is 11.3 Å². The maximum atomic E-state index is 13.1. The van der Waals surface area contributed by atoms with E-state index >= 15 is 0 Å². The molecular formula is C22H21N5O2S. The minimum atomic E-state index is -0.260. The van der Waals surface area contributed by atoms with E-state index in [2.05, 4.69) is 19.7 Å². The predicted molar refractivity (Wildman–Crippen MR) is 119 cm³/mol. The molecule has 1 N–H and O–H groups in total. The van der Waals surface area contributed by atoms with Crippen LogP contribution in [0, 0.1) is 13.8 Å². The standard InChI is InChI=1S/C22H21N5O2S/c1-4-15-7-5-6-13(2)18(15)25-17(28)12-27-14(3)24-20-19(16-8-10-23-11-9-16)26-30-21(20)22(27)29/h5-11H,4,12H2,1-3H3,(H,25,28). The van der Waals surface area contributed by atoms with Crippen LogP contribution in [0.25, 0.3) is 21.5 Å². The zero-order valence-electron chi connectivity index (χ0n) is 17.0. The summed E-state index contributed by atoms with van der Waals surface area (Å²) in [5.74, 6) is 0.211. The summed E-state index contributed by atoms with van der Waals surface area (Å²) in [5, 5.41) is 2.97. The summed E-state index contributed by atoms with van der Waals surface area (Å²) < 4.78 is 6.26. The maximum absolute atomic E-state index is 13.1. The number of hydrogen-bond acceptors (Lipinski definition) is 6. The highest BCUT2D eigenvalue weighted by Gasteiger charge is 2.18. The van der Waals surface area contributed by atoms with Gasteiger partial charge in [-0.05, 0) is 55.1 Å². The van der Waals surface area contributed by atoms with Crippen molar-refractivity contribution in [1.29, 1.82) is 0 Å². The molecule has 0 atom stereocenters. The van der Waals surface area contributed by atoms with Gasteiger partial charge >= 0.3 is 0 Å². The Kier molecular flexibility index (Phi) is 5.41. The molecular weight excluding hydrogens is 398 g/mol. The van der Waals surface area contributed by atoms with E-state index < -0.39 is 0 Å². The third-order valence-corrected chi connectivity index (χ3v) is 5.86. The van der Waals surface area contributed by atoms with Gasteiger partial charge in [0.25, 0.3) is 5.56 Å². The van der Waals surface area contributed by atoms with Crippen LogP contribution in [-0.4, -0.2) is 24.8 Å². The Bertz CT molecular complexity index is 1290. The molecule has 4 rings (SSSR count). The van der Waals surface area contributed by atoms with E-state index in [1.165, 1.54) is 4.57 Å². The van der Waals surface area contributed by atoms with Crippen LogP contribution in [0.2, 0.25) is 0 Å². The van der Waals surface area contributed by atoms with Gasteiger partial charge in [0.2, 0.25) is 5.91 Å². The van der Waals surface area contributed by atoms with Crippen molar-refractivity contribution in [2.24, 2.45) is 0 Å². The second-order valence-electron chi connectivity index (χ2n) is 7.01. The molecule has 0 radical (unpaired) electrons. The number of hydrogen-bond donors (Lipinski definition) is 1. The number of aromatic nitrogens is 4. The van der Waals surface area contributed by atoms with Gasteiger partial charge in [0, 0.05) is 23.6 Å². The fraction of sp³-hybridized carbons (Fsp3) is 0.227. The number of fused-ring (bicyclic) bond motifs is 1. The first-order chi connectivity index (χ1) is 14.5. The lowest BCUT2D eigenvalue weighted by Gasteiger charge is -2.14. The molecule has 0 aliphatic rings. The van der Waals surface area contributed by atoms with Crippen LogP contribution in [0.5, 0.6) is 0 Å². The highest BCUT2D eigenvalue weighted by molar-refractivity contribution is 7.13. The maximum Gasteiger partial charge on any atom is 0.273 e. The van der Waals surface area contributed by atoms with Crippen molar-refractivity contribution in [3.63, 3.8) is 0 Å². The summed E-state index contributed by atoms with van der Waals surface area (Å²) >= 11 is 1.10. The molecule has 152 valence electrons. The van der Waals surface area contributed by atoms with Gasteiger partial charge in [0.05, 0.1) is 0 Å². The molecule has 3 heterocycles. The van der Waals surface area contributed by atoms with Crippen LogP contribution in [0.15, 0.2) is 47.5 Å². The topological polar surface area (TPSA) is 89.8 Å². The van der Waals surface area contributed by atoms with Crippen molar-refractivity contribution >= 4 is 33.3 Å². The number of carbonyl (C=O) groups excluding carboxylic acids is 1. The molecule has 0 aliphatic carbocycles. The van der Waals surface area contributed by atoms with E-state index in [1.54, 1.807) is 19.3 Å². The van der Waals surface area contributed by atoms with Gasteiger partial charge in [0.15, 0.2) is 0 Å². The Morgan fingerprint density at radius 3 is 2.67 bits per heavy atom. The summed E-state index contributed by atoms with van der Waals surface area (Å²) in [4.78, 5) is 34.4. The molecule has 0 bridgehead atoms. The fourth-order valence-electron chi connectivity index (χ4n) is 3.43. The number of para-hydroxylation sites is 1. The number of nitrogens with zero attached hydrogens (tertiary/aromatic N) is 4. The molecule has 0 spiro atoms. The monoisotopic (exact) mass is 419 g/mol. The number of pyridine rings is 1. The van der Waals surface area contributed by atoms with Crippen LogP contribution in [0.4, 0.5) is 5.69 Å². The van der Waals surface area contributed by atoms with Gasteiger partial charge in [0.1, 0.15) is 28.3 Å². The van der Waals surface area contributed by atoms with Crippen LogP contribution in [0.1, 0.15) is 23.9 Å². The highest BCUT2D eigenvalue weighted by atomic mass is 32.1. The number of amides is 1. The lowest BCUT2D eigenvalue weighted by molar-refractivity contribution is -0.116. The average molecular weight is 420 g/mol. The number of aryl methyl sites for hydroxylation is 3. The minimum absolute atomic E-state index is 0.104. The van der Waals surface area contributed by atoms with E-state index in [1.807, 2.05) is 44.2 Å². The largest absolute Gasteiger partial charge is 0.324 e. The van der Waals surface area contributed by atoms with Crippen LogP contribution < -0.4 is 10.9 Å². The Hall–Kier alpha value is -3.39. The third kappa shape index (κ3) is 3.61. The molecule has 8 heteroatoms. The first kappa shape index (κ1) is 19.9. The average Bonchev–Trinajstić information content (AvgIpc) is 3.17. The minimum Gasteiger partial charge on any atom is -0.324 e. The Balaban J connectivity index is 1.67. The van der Waals surface area contributed by atoms with E-state index in [4.69, 9.17) is 0 Å². The van der Waals surface area contributed by atoms with Gasteiger partial charge in [-0.15, -0.1) is 0 Å². The van der Waals surface area contributed by atoms with Crippen LogP contribution in [0.3, 0.4) is 0 Å². The summed E-state index contributed by atoms with van der Waals surface area (Å²) in [7, 11) is 0. The molecule has 1 amide bonds. The van der Waals surface area contributed by atoms with E-state index in [0.29, 0.717) is 21.7 Å². The highest BCUT2D eigenvalue weighted by Crippen LogP contribution is 2.27. The van der Waals surface area contributed by atoms with Gasteiger partial charge in [-0.2, -0.15) is 4.37 Å². The quantitative estimate of drug-likeness (QED) is 0.532. The molecule has 0 unspecified atom stereocenters. The second kappa shape index (κ2) is 8.16. The zero-order valence-corrected chi connectivity index (χ0v) is 17.8. The van der Waals surface area contributed by atoms with Gasteiger partial charge < -0.3 is 5.32 Å². The van der Waals surface area contributed by atoms with Gasteiger partial charge in [-0.3, -0.25) is 19.1 Å². The normalized spacial score (nSPS) is 11.0. The zero-order chi connectivity index (χ0) is 21.3. The fourth-order valence-corrected chi connectivity index (χ4v) is 4.22. The third-order valence-electron chi connectivity index (χ3n) is 5.03. The number of benzene rings is 1.